The Hall–Kier alpha value is -3.35. The van der Waals surface area contributed by atoms with Crippen LogP contribution in [-0.4, -0.2) is 45.7 Å². The monoisotopic (exact) mass is 404 g/mol. The van der Waals surface area contributed by atoms with Crippen LogP contribution in [-0.2, 0) is 6.42 Å². The minimum Gasteiger partial charge on any atom is -0.467 e. The molecule has 0 saturated carbocycles. The minimum atomic E-state index is -0.751. The van der Waals surface area contributed by atoms with Crippen LogP contribution in [0.4, 0.5) is 0 Å². The average Bonchev–Trinajstić information content (AvgIpc) is 3.23. The topological polar surface area (TPSA) is 87.3 Å². The molecular formula is C23H24N4O3. The van der Waals surface area contributed by atoms with Gasteiger partial charge in [-0.05, 0) is 48.7 Å². The van der Waals surface area contributed by atoms with Gasteiger partial charge in [-0.15, -0.1) is 0 Å². The molecule has 0 bridgehead atoms. The largest absolute Gasteiger partial charge is 0.467 e. The Morgan fingerprint density at radius 2 is 2.03 bits per heavy atom. The van der Waals surface area contributed by atoms with Crippen molar-refractivity contribution in [1.29, 1.82) is 0 Å². The highest BCUT2D eigenvalue weighted by molar-refractivity contribution is 5.99. The van der Waals surface area contributed by atoms with Gasteiger partial charge >= 0.3 is 0 Å². The van der Waals surface area contributed by atoms with E-state index >= 15 is 0 Å². The summed E-state index contributed by atoms with van der Waals surface area (Å²) in [6.45, 7) is 5.06. The Morgan fingerprint density at radius 1 is 1.23 bits per heavy atom. The van der Waals surface area contributed by atoms with Crippen LogP contribution in [0, 0.1) is 6.92 Å². The van der Waals surface area contributed by atoms with E-state index in [1.54, 1.807) is 6.20 Å². The third kappa shape index (κ3) is 3.01. The molecule has 154 valence electrons. The van der Waals surface area contributed by atoms with E-state index in [0.717, 1.165) is 28.5 Å². The van der Waals surface area contributed by atoms with Crippen molar-refractivity contribution >= 4 is 22.7 Å². The number of aromatic amines is 1. The van der Waals surface area contributed by atoms with Crippen LogP contribution < -0.4 is 10.1 Å². The Kier molecular flexibility index (Phi) is 4.27. The van der Waals surface area contributed by atoms with Crippen LogP contribution >= 0.6 is 0 Å². The zero-order valence-electron chi connectivity index (χ0n) is 17.1. The smallest absolute Gasteiger partial charge is 0.258 e. The number of benzene rings is 2. The number of hydrogen-bond donors (Lipinski definition) is 2. The number of H-pyrrole nitrogens is 1. The van der Waals surface area contributed by atoms with E-state index in [-0.39, 0.29) is 11.8 Å². The molecule has 1 aromatic heterocycles. The standard InChI is InChI=1S/C23H24N4O3/c1-3-15-4-5-19-18(11-15)21(28)25-23(30-19)6-8-27(9-7-23)22(29)16-10-14(2)20-17(12-16)13-24-26-20/h4-5,10-13H,3,6-9H2,1-2H3,(H,24,26)(H,25,28). The molecule has 0 radical (unpaired) electrons. The molecule has 2 aliphatic heterocycles. The van der Waals surface area contributed by atoms with Crippen molar-refractivity contribution < 1.29 is 14.3 Å². The summed E-state index contributed by atoms with van der Waals surface area (Å²) >= 11 is 0. The molecule has 3 heterocycles. The molecule has 5 rings (SSSR count). The van der Waals surface area contributed by atoms with Crippen LogP contribution in [0.5, 0.6) is 5.75 Å². The van der Waals surface area contributed by atoms with Crippen LogP contribution in [0.3, 0.4) is 0 Å². The van der Waals surface area contributed by atoms with Gasteiger partial charge in [-0.3, -0.25) is 14.7 Å². The van der Waals surface area contributed by atoms with Crippen molar-refractivity contribution in [1.82, 2.24) is 20.4 Å². The molecule has 1 saturated heterocycles. The predicted molar refractivity (Wildman–Crippen MR) is 113 cm³/mol. The Balaban J connectivity index is 1.33. The first-order chi connectivity index (χ1) is 14.5. The molecule has 2 N–H and O–H groups in total. The van der Waals surface area contributed by atoms with Gasteiger partial charge in [0.05, 0.1) is 17.3 Å². The lowest BCUT2D eigenvalue weighted by molar-refractivity contribution is -0.0245. The molecule has 2 aromatic carbocycles. The summed E-state index contributed by atoms with van der Waals surface area (Å²) in [7, 11) is 0. The number of nitrogens with zero attached hydrogens (tertiary/aromatic N) is 2. The molecule has 7 heteroatoms. The van der Waals surface area contributed by atoms with Crippen molar-refractivity contribution in [3.05, 3.63) is 58.8 Å². The lowest BCUT2D eigenvalue weighted by Gasteiger charge is -2.44. The summed E-state index contributed by atoms with van der Waals surface area (Å²) in [5.41, 5.74) is 3.54. The number of likely N-dealkylation sites (tertiary alicyclic amines) is 1. The number of carbonyl (C=O) groups is 2. The Morgan fingerprint density at radius 3 is 2.80 bits per heavy atom. The first kappa shape index (κ1) is 18.7. The first-order valence-electron chi connectivity index (χ1n) is 10.4. The number of aromatic nitrogens is 2. The summed E-state index contributed by atoms with van der Waals surface area (Å²) < 4.78 is 6.25. The highest BCUT2D eigenvalue weighted by atomic mass is 16.5. The van der Waals surface area contributed by atoms with E-state index < -0.39 is 5.72 Å². The second-order valence-electron chi connectivity index (χ2n) is 8.15. The maximum absolute atomic E-state index is 13.1. The second kappa shape index (κ2) is 6.86. The van der Waals surface area contributed by atoms with Gasteiger partial charge < -0.3 is 15.0 Å². The number of amides is 2. The molecule has 7 nitrogen and oxygen atoms in total. The van der Waals surface area contributed by atoms with Crippen molar-refractivity contribution in [2.45, 2.75) is 38.8 Å². The Labute approximate surface area is 174 Å². The quantitative estimate of drug-likeness (QED) is 0.687. The van der Waals surface area contributed by atoms with Crippen molar-refractivity contribution in [3.63, 3.8) is 0 Å². The van der Waals surface area contributed by atoms with Crippen molar-refractivity contribution in [2.24, 2.45) is 0 Å². The van der Waals surface area contributed by atoms with Gasteiger partial charge in [0.15, 0.2) is 5.72 Å². The summed E-state index contributed by atoms with van der Waals surface area (Å²) in [5.74, 6) is 0.510. The fourth-order valence-corrected chi connectivity index (χ4v) is 4.41. The fraction of sp³-hybridized carbons (Fsp3) is 0.348. The molecule has 1 fully saturated rings. The van der Waals surface area contributed by atoms with Crippen LogP contribution in [0.15, 0.2) is 36.5 Å². The van der Waals surface area contributed by atoms with E-state index in [1.807, 2.05) is 42.2 Å². The lowest BCUT2D eigenvalue weighted by atomic mass is 9.95. The molecule has 30 heavy (non-hydrogen) atoms. The zero-order chi connectivity index (χ0) is 20.9. The predicted octanol–water partition coefficient (Wildman–Crippen LogP) is 3.19. The van der Waals surface area contributed by atoms with E-state index in [2.05, 4.69) is 22.4 Å². The third-order valence-corrected chi connectivity index (χ3v) is 6.19. The number of rotatable bonds is 2. The number of ether oxygens (including phenoxy) is 1. The van der Waals surface area contributed by atoms with Crippen LogP contribution in [0.25, 0.3) is 10.9 Å². The average molecular weight is 404 g/mol. The van der Waals surface area contributed by atoms with Gasteiger partial charge in [0.2, 0.25) is 0 Å². The fourth-order valence-electron chi connectivity index (χ4n) is 4.41. The molecule has 2 aliphatic rings. The van der Waals surface area contributed by atoms with Gasteiger partial charge in [0.25, 0.3) is 11.8 Å². The van der Waals surface area contributed by atoms with Crippen LogP contribution in [0.2, 0.25) is 0 Å². The molecule has 2 amide bonds. The molecule has 0 aliphatic carbocycles. The molecule has 0 atom stereocenters. The zero-order valence-corrected chi connectivity index (χ0v) is 17.1. The van der Waals surface area contributed by atoms with E-state index in [1.165, 1.54) is 0 Å². The molecular weight excluding hydrogens is 380 g/mol. The number of piperidine rings is 1. The third-order valence-electron chi connectivity index (χ3n) is 6.19. The normalized spacial score (nSPS) is 17.5. The van der Waals surface area contributed by atoms with Gasteiger partial charge in [-0.2, -0.15) is 5.10 Å². The number of hydrogen-bond acceptors (Lipinski definition) is 4. The highest BCUT2D eigenvalue weighted by Crippen LogP contribution is 2.34. The van der Waals surface area contributed by atoms with Gasteiger partial charge in [-0.1, -0.05) is 13.0 Å². The number of aryl methyl sites for hydroxylation is 2. The second-order valence-corrected chi connectivity index (χ2v) is 8.15. The van der Waals surface area contributed by atoms with Gasteiger partial charge in [-0.25, -0.2) is 0 Å². The number of nitrogens with one attached hydrogen (secondary N) is 2. The first-order valence-corrected chi connectivity index (χ1v) is 10.4. The van der Waals surface area contributed by atoms with E-state index in [9.17, 15) is 9.59 Å². The summed E-state index contributed by atoms with van der Waals surface area (Å²) in [6.07, 6.45) is 3.70. The highest BCUT2D eigenvalue weighted by Gasteiger charge is 2.43. The number of carbonyl (C=O) groups excluding carboxylic acids is 2. The summed E-state index contributed by atoms with van der Waals surface area (Å²) in [5, 5.41) is 11.0. The van der Waals surface area contributed by atoms with Gasteiger partial charge in [0, 0.05) is 36.9 Å². The lowest BCUT2D eigenvalue weighted by Crippen LogP contribution is -2.61. The Bertz CT molecular complexity index is 1160. The molecule has 1 spiro atoms. The summed E-state index contributed by atoms with van der Waals surface area (Å²) in [4.78, 5) is 27.6. The van der Waals surface area contributed by atoms with Crippen LogP contribution in [0.1, 0.15) is 51.6 Å². The van der Waals surface area contributed by atoms with E-state index in [0.29, 0.717) is 42.8 Å². The maximum Gasteiger partial charge on any atom is 0.258 e. The van der Waals surface area contributed by atoms with E-state index in [4.69, 9.17) is 4.74 Å². The molecule has 0 unspecified atom stereocenters. The number of fused-ring (bicyclic) bond motifs is 2. The SMILES string of the molecule is CCc1ccc2c(c1)C(=O)NC1(CCN(C(=O)c3cc(C)c4[nH]ncc4c3)CC1)O2. The maximum atomic E-state index is 13.1. The summed E-state index contributed by atoms with van der Waals surface area (Å²) in [6, 6.07) is 9.55. The minimum absolute atomic E-state index is 0.00817. The van der Waals surface area contributed by atoms with Gasteiger partial charge in [0.1, 0.15) is 5.75 Å². The van der Waals surface area contributed by atoms with Crippen molar-refractivity contribution in [3.8, 4) is 5.75 Å². The molecule has 3 aromatic rings. The van der Waals surface area contributed by atoms with Crippen molar-refractivity contribution in [2.75, 3.05) is 13.1 Å².